The largest absolute Gasteiger partial charge is 0.544 e. The molecule has 0 heterocycles. The van der Waals surface area contributed by atoms with Gasteiger partial charge in [0.1, 0.15) is 5.97 Å². The SMILES string of the molecule is O=C([O-])C(F)(F)C(F)(F)C(F)(F)C(F)(F)C(F)(F)C(F)(F)C(F)(F)C(F)(F)C(F)(F)C(F)(F)C(F)(F)C(F)(F)C(F)(F)C(F)(F)C(F)(F)C(F)(F)C(F)(F)C(F)(F)C(F)(F)F. The molecule has 0 bridgehead atoms. The molecule has 2 nitrogen and oxygen atoms in total. The topological polar surface area (TPSA) is 40.1 Å². The summed E-state index contributed by atoms with van der Waals surface area (Å²) < 4.78 is 525. The zero-order valence-corrected chi connectivity index (χ0v) is 25.6. The third-order valence-corrected chi connectivity index (χ3v) is 7.32. The Bertz CT molecular complexity index is 1640. The van der Waals surface area contributed by atoms with Crippen LogP contribution in [0.4, 0.5) is 171 Å². The Morgan fingerprint density at radius 1 is 0.197 bits per heavy atom. The molecule has 41 heteroatoms. The predicted octanol–water partition coefficient (Wildman–Crippen LogP) is 10.7. The van der Waals surface area contributed by atoms with Gasteiger partial charge in [0.15, 0.2) is 0 Å². The molecule has 0 amide bonds. The molecule has 0 aromatic carbocycles. The number of hydrogen-bond acceptors (Lipinski definition) is 2. The molecule has 61 heavy (non-hydrogen) atoms. The van der Waals surface area contributed by atoms with E-state index in [1.54, 1.807) is 0 Å². The smallest absolute Gasteiger partial charge is 0.460 e. The first-order valence-corrected chi connectivity index (χ1v) is 12.5. The molecule has 366 valence electrons. The molecule has 0 aliphatic rings. The second-order valence-electron chi connectivity index (χ2n) is 11.1. The Hall–Kier alpha value is -3.26. The fourth-order valence-electron chi connectivity index (χ4n) is 3.46. The number of halogens is 39. The Balaban J connectivity index is 7.96. The van der Waals surface area contributed by atoms with Crippen molar-refractivity contribution in [2.24, 2.45) is 0 Å². The lowest BCUT2D eigenvalue weighted by Gasteiger charge is -2.47. The van der Waals surface area contributed by atoms with Crippen molar-refractivity contribution in [1.29, 1.82) is 0 Å². The molecule has 0 aromatic heterocycles. The van der Waals surface area contributed by atoms with Crippen molar-refractivity contribution in [2.75, 3.05) is 0 Å². The summed E-state index contributed by atoms with van der Waals surface area (Å²) in [6, 6.07) is 0. The van der Waals surface area contributed by atoms with Crippen LogP contribution in [-0.4, -0.2) is 119 Å². The molecule has 0 aromatic rings. The molecule has 0 unspecified atom stereocenters. The summed E-state index contributed by atoms with van der Waals surface area (Å²) in [7, 11) is 0. The molecule has 0 saturated carbocycles. The van der Waals surface area contributed by atoms with E-state index in [0.717, 1.165) is 0 Å². The summed E-state index contributed by atoms with van der Waals surface area (Å²) >= 11 is 0. The van der Waals surface area contributed by atoms with E-state index in [-0.39, 0.29) is 0 Å². The number of hydrogen-bond donors (Lipinski definition) is 0. The average molecular weight is 1010 g/mol. The van der Waals surface area contributed by atoms with Crippen molar-refractivity contribution in [3.63, 3.8) is 0 Å². The van der Waals surface area contributed by atoms with Gasteiger partial charge in [-0.05, 0) is 0 Å². The lowest BCUT2D eigenvalue weighted by Crippen LogP contribution is -2.80. The summed E-state index contributed by atoms with van der Waals surface area (Å²) in [4.78, 5) is 9.86. The number of alkyl halides is 39. The maximum Gasteiger partial charge on any atom is 0.460 e. The summed E-state index contributed by atoms with van der Waals surface area (Å²) in [5, 5.41) is 9.86. The van der Waals surface area contributed by atoms with Crippen LogP contribution < -0.4 is 5.11 Å². The van der Waals surface area contributed by atoms with Gasteiger partial charge in [0.25, 0.3) is 0 Å². The average Bonchev–Trinajstić information content (AvgIpc) is 3.02. The van der Waals surface area contributed by atoms with E-state index in [9.17, 15) is 181 Å². The van der Waals surface area contributed by atoms with Crippen LogP contribution in [0.1, 0.15) is 0 Å². The van der Waals surface area contributed by atoms with Crippen LogP contribution in [0.5, 0.6) is 0 Å². The van der Waals surface area contributed by atoms with Gasteiger partial charge in [0, 0.05) is 0 Å². The van der Waals surface area contributed by atoms with E-state index in [0.29, 0.717) is 0 Å². The molecule has 0 N–H and O–H groups in total. The van der Waals surface area contributed by atoms with Crippen LogP contribution in [0.25, 0.3) is 0 Å². The van der Waals surface area contributed by atoms with E-state index < -0.39 is 119 Å². The summed E-state index contributed by atoms with van der Waals surface area (Å²) in [5.74, 6) is -185. The minimum Gasteiger partial charge on any atom is -0.544 e. The van der Waals surface area contributed by atoms with E-state index in [2.05, 4.69) is 0 Å². The van der Waals surface area contributed by atoms with Crippen molar-refractivity contribution in [3.05, 3.63) is 0 Å². The van der Waals surface area contributed by atoms with Crippen LogP contribution in [0.3, 0.4) is 0 Å². The highest BCUT2D eigenvalue weighted by Gasteiger charge is 3.03. The third kappa shape index (κ3) is 6.26. The van der Waals surface area contributed by atoms with Crippen LogP contribution in [-0.2, 0) is 4.79 Å². The molecule has 0 rings (SSSR count). The van der Waals surface area contributed by atoms with Crippen LogP contribution in [0, 0.1) is 0 Å². The van der Waals surface area contributed by atoms with E-state index in [1.165, 1.54) is 0 Å². The molecule has 0 fully saturated rings. The highest BCUT2D eigenvalue weighted by Crippen LogP contribution is 2.71. The van der Waals surface area contributed by atoms with Gasteiger partial charge in [-0.25, -0.2) is 0 Å². The first-order valence-electron chi connectivity index (χ1n) is 12.5. The van der Waals surface area contributed by atoms with Gasteiger partial charge in [-0.3, -0.25) is 0 Å². The first-order chi connectivity index (χ1) is 25.4. The molecule has 0 spiro atoms. The maximum absolute atomic E-state index is 13.9. The van der Waals surface area contributed by atoms with E-state index in [1.807, 2.05) is 0 Å². The highest BCUT2D eigenvalue weighted by molar-refractivity contribution is 5.75. The van der Waals surface area contributed by atoms with Gasteiger partial charge < -0.3 is 9.90 Å². The van der Waals surface area contributed by atoms with Crippen molar-refractivity contribution in [3.8, 4) is 0 Å². The van der Waals surface area contributed by atoms with Crippen LogP contribution in [0.2, 0.25) is 0 Å². The number of carboxylic acid groups (broad SMARTS) is 1. The second kappa shape index (κ2) is 13.6. The zero-order valence-electron chi connectivity index (χ0n) is 25.6. The van der Waals surface area contributed by atoms with Gasteiger partial charge in [-0.2, -0.15) is 171 Å². The zero-order chi connectivity index (χ0) is 51.1. The highest BCUT2D eigenvalue weighted by atomic mass is 19.4. The van der Waals surface area contributed by atoms with E-state index >= 15 is 0 Å². The van der Waals surface area contributed by atoms with Crippen molar-refractivity contribution >= 4 is 5.97 Å². The fraction of sp³-hybridized carbons (Fsp3) is 0.950. The molecule has 0 saturated heterocycles. The Morgan fingerprint density at radius 3 is 0.393 bits per heavy atom. The van der Waals surface area contributed by atoms with Gasteiger partial charge in [0.2, 0.25) is 0 Å². The van der Waals surface area contributed by atoms with E-state index in [4.69, 9.17) is 0 Å². The second-order valence-corrected chi connectivity index (χ2v) is 11.1. The lowest BCUT2D eigenvalue weighted by atomic mass is 9.82. The molecule has 0 radical (unpaired) electrons. The molecule has 0 aliphatic carbocycles. The number of carbonyl (C=O) groups excluding carboxylic acids is 1. The number of rotatable bonds is 18. The van der Waals surface area contributed by atoms with Gasteiger partial charge >= 0.3 is 113 Å². The van der Waals surface area contributed by atoms with Crippen LogP contribution in [0.15, 0.2) is 0 Å². The minimum atomic E-state index is -10.6. The summed E-state index contributed by atoms with van der Waals surface area (Å²) in [5.41, 5.74) is 0. The quantitative estimate of drug-likeness (QED) is 0.128. The Labute approximate surface area is 301 Å². The third-order valence-electron chi connectivity index (χ3n) is 7.32. The monoisotopic (exact) mass is 1010 g/mol. The molecular weight excluding hydrogens is 1010 g/mol. The van der Waals surface area contributed by atoms with Gasteiger partial charge in [-0.1, -0.05) is 0 Å². The van der Waals surface area contributed by atoms with Crippen molar-refractivity contribution in [2.45, 2.75) is 113 Å². The molecule has 0 atom stereocenters. The molecular formula is C20F39O2-. The van der Waals surface area contributed by atoms with Crippen molar-refractivity contribution < 1.29 is 181 Å². The Kier molecular flexibility index (Phi) is 12.9. The molecule has 0 aliphatic heterocycles. The summed E-state index contributed by atoms with van der Waals surface area (Å²) in [6.07, 6.45) is -8.51. The fourth-order valence-corrected chi connectivity index (χ4v) is 3.46. The minimum absolute atomic E-state index is 5.18. The normalized spacial score (nSPS) is 17.2. The number of carboxylic acids is 1. The number of carbonyl (C=O) groups is 1. The standard InChI is InChI=1S/C20HF39O2/c21-2(22,1(60)61)3(23,24)4(25,26)5(27,28)6(29,30)7(31,32)8(33,34)9(35,36)10(37,38)11(39,40)12(41,42)13(43,44)14(45,46)15(47,48)16(49,50)17(51,52)18(53,54)19(55,56)20(57,58)59/h(H,60,61)/p-1. The van der Waals surface area contributed by atoms with Gasteiger partial charge in [0.05, 0.1) is 0 Å². The Morgan fingerprint density at radius 2 is 0.295 bits per heavy atom. The van der Waals surface area contributed by atoms with Gasteiger partial charge in [-0.15, -0.1) is 0 Å². The predicted molar refractivity (Wildman–Crippen MR) is 100 cm³/mol. The van der Waals surface area contributed by atoms with Crippen LogP contribution >= 0.6 is 0 Å². The first kappa shape index (κ1) is 57.7. The maximum atomic E-state index is 13.9. The van der Waals surface area contributed by atoms with Crippen molar-refractivity contribution in [1.82, 2.24) is 0 Å². The number of aliphatic carboxylic acids is 1. The lowest BCUT2D eigenvalue weighted by molar-refractivity contribution is -0.494. The summed E-state index contributed by atoms with van der Waals surface area (Å²) in [6.45, 7) is 0.